The fourth-order valence-corrected chi connectivity index (χ4v) is 19.4. The van der Waals surface area contributed by atoms with Crippen molar-refractivity contribution in [2.45, 2.75) is 244 Å². The van der Waals surface area contributed by atoms with Crippen LogP contribution < -0.4 is 0 Å². The van der Waals surface area contributed by atoms with Crippen LogP contribution in [0, 0.1) is 0 Å². The zero-order chi connectivity index (χ0) is 49.5. The van der Waals surface area contributed by atoms with Crippen LogP contribution in [0.3, 0.4) is 0 Å². The van der Waals surface area contributed by atoms with Gasteiger partial charge in [-0.25, -0.2) is 0 Å². The third kappa shape index (κ3) is 71.3. The largest absolute Gasteiger partial charge is 0.309 e. The summed E-state index contributed by atoms with van der Waals surface area (Å²) >= 11 is 4.35. The summed E-state index contributed by atoms with van der Waals surface area (Å²) in [5.41, 5.74) is 0. The topological polar surface area (TPSA) is 16.2 Å². The van der Waals surface area contributed by atoms with E-state index in [-0.39, 0.29) is 67.3 Å². The van der Waals surface area contributed by atoms with Crippen LogP contribution in [0.2, 0.25) is 58.1 Å². The molecule has 12 heteroatoms. The van der Waals surface area contributed by atoms with Gasteiger partial charge < -0.3 is 24.5 Å². The molecule has 0 aromatic rings. The molecule has 0 saturated heterocycles. The van der Waals surface area contributed by atoms with Crippen molar-refractivity contribution in [3.8, 4) is 0 Å². The van der Waals surface area contributed by atoms with Gasteiger partial charge >= 0.3 is 0 Å². The lowest BCUT2D eigenvalue weighted by molar-refractivity contribution is 0.298. The molecule has 0 heterocycles. The molecular weight excluding hydrogens is 924 g/mol. The van der Waals surface area contributed by atoms with Crippen molar-refractivity contribution < 1.29 is 0 Å². The molecule has 0 rings (SSSR count). The Morgan fingerprint density at radius 1 is 0.273 bits per heavy atom. The fraction of sp³-hybridized carbons (Fsp3) is 1.00. The van der Waals surface area contributed by atoms with E-state index in [1.165, 1.54) is 185 Å². The summed E-state index contributed by atoms with van der Waals surface area (Å²) < 4.78 is 0. The van der Waals surface area contributed by atoms with Crippen LogP contribution >= 0.6 is 24.8 Å². The molecule has 66 heavy (non-hydrogen) atoms. The molecule has 0 atom stereocenters. The first-order valence-corrected chi connectivity index (χ1v) is 37.7. The molecule has 5 nitrogen and oxygen atoms in total. The van der Waals surface area contributed by atoms with E-state index < -0.39 is 0 Å². The second-order valence-electron chi connectivity index (χ2n) is 19.5. The molecule has 0 saturated carbocycles. The highest BCUT2D eigenvalue weighted by molar-refractivity contribution is 6.59. The summed E-state index contributed by atoms with van der Waals surface area (Å²) in [7, 11) is 8.39. The van der Waals surface area contributed by atoms with E-state index in [4.69, 9.17) is 0 Å². The predicted molar refractivity (Wildman–Crippen MR) is 325 cm³/mol. The van der Waals surface area contributed by atoms with Crippen LogP contribution in [0.1, 0.15) is 186 Å². The minimum atomic E-state index is -0.377. The highest BCUT2D eigenvalue weighted by Crippen LogP contribution is 2.18. The van der Waals surface area contributed by atoms with Gasteiger partial charge in [0.25, 0.3) is 42.4 Å². The molecule has 4 radical (unpaired) electrons. The van der Waals surface area contributed by atoms with E-state index in [2.05, 4.69) is 168 Å². The maximum Gasteiger partial charge on any atom is 0.261 e. The van der Waals surface area contributed by atoms with E-state index in [9.17, 15) is 0 Å². The lowest BCUT2D eigenvalue weighted by Gasteiger charge is -2.19. The maximum atomic E-state index is 2.72. The van der Waals surface area contributed by atoms with Gasteiger partial charge in [0, 0.05) is 0 Å². The van der Waals surface area contributed by atoms with Gasteiger partial charge in [0.1, 0.15) is 32.6 Å². The van der Waals surface area contributed by atoms with Crippen molar-refractivity contribution >= 4 is 99.8 Å². The molecule has 0 aliphatic carbocycles. The zero-order valence-corrected chi connectivity index (χ0v) is 56.2. The van der Waals surface area contributed by atoms with Crippen molar-refractivity contribution in [2.24, 2.45) is 0 Å². The van der Waals surface area contributed by atoms with Gasteiger partial charge in [-0.1, -0.05) is 227 Å². The highest BCUT2D eigenvalue weighted by Gasteiger charge is 2.17. The summed E-state index contributed by atoms with van der Waals surface area (Å²) in [5, 5.41) is 16.8. The second kappa shape index (κ2) is 72.3. The molecule has 0 unspecified atom stereocenters. The number of halogens is 2. The van der Waals surface area contributed by atoms with E-state index >= 15 is 0 Å². The van der Waals surface area contributed by atoms with Crippen LogP contribution in [0.25, 0.3) is 0 Å². The fourth-order valence-electron chi connectivity index (χ4n) is 8.50. The highest BCUT2D eigenvalue weighted by atomic mass is 35.5. The number of nitrogens with zero attached hydrogens (tertiary/aromatic N) is 5. The Balaban J connectivity index is -0.000000137. The number of hydrogen-bond acceptors (Lipinski definition) is 5. The Morgan fingerprint density at radius 2 is 0.515 bits per heavy atom. The Kier molecular flexibility index (Phi) is 91.0. The Morgan fingerprint density at radius 3 is 0.727 bits per heavy atom. The van der Waals surface area contributed by atoms with Crippen molar-refractivity contribution in [3.63, 3.8) is 0 Å². The van der Waals surface area contributed by atoms with Gasteiger partial charge in [0.15, 0.2) is 0 Å². The zero-order valence-electron chi connectivity index (χ0n) is 48.8. The first kappa shape index (κ1) is 83.0. The van der Waals surface area contributed by atoms with Crippen LogP contribution in [0.4, 0.5) is 0 Å². The minimum Gasteiger partial charge on any atom is -0.309 e. The normalized spacial score (nSPS) is 10.6. The lowest BCUT2D eigenvalue weighted by atomic mass is 10.3. The third-order valence-electron chi connectivity index (χ3n) is 13.1. The molecule has 0 fully saturated rings. The quantitative estimate of drug-likeness (QED) is 0.0447. The van der Waals surface area contributed by atoms with Gasteiger partial charge in [0.05, 0.1) is 0 Å². The van der Waals surface area contributed by atoms with Gasteiger partial charge in [-0.15, -0.1) is 35.4 Å². The number of unbranched alkanes of at least 4 members (excludes halogenated alkanes) is 5. The van der Waals surface area contributed by atoms with Crippen molar-refractivity contribution in [1.82, 2.24) is 24.5 Å². The SMILES string of the molecule is CCC[CH2][Al]([CH2]CCC)[CH2]CCCN(CC)CC.CCC[CH2][Al]([CH2]CCC)[CH2]CCN(CC)CC.CC[CH2][Al]([CH2]CC)[CH2]CCN(CC)CC.CN(C)CC[CH2][Al].CN(C)CC[CH2][Al].Cl.Cl. The Hall–Kier alpha value is 3.04. The van der Waals surface area contributed by atoms with Gasteiger partial charge in [0.2, 0.25) is 0 Å². The number of hydrogen-bond donors (Lipinski definition) is 0. The van der Waals surface area contributed by atoms with Gasteiger partial charge in [-0.3, -0.25) is 0 Å². The average Bonchev–Trinajstić information content (AvgIpc) is 3.30. The third-order valence-corrected chi connectivity index (χ3v) is 25.2. The van der Waals surface area contributed by atoms with Gasteiger partial charge in [-0.05, 0) is 107 Å². The second-order valence-corrected chi connectivity index (χ2v) is 31.0. The summed E-state index contributed by atoms with van der Waals surface area (Å²) in [5.74, 6) is 0. The van der Waals surface area contributed by atoms with Crippen LogP contribution in [0.15, 0.2) is 0 Å². The van der Waals surface area contributed by atoms with Gasteiger partial charge in [-0.2, -0.15) is 0 Å². The molecule has 0 aromatic heterocycles. The molecular formula is C54H126Al5Cl2N5. The summed E-state index contributed by atoms with van der Waals surface area (Å²) in [4.78, 5) is 12.1. The Labute approximate surface area is 464 Å². The molecule has 0 spiro atoms. The molecule has 0 bridgehead atoms. The number of rotatable bonds is 41. The van der Waals surface area contributed by atoms with Crippen molar-refractivity contribution in [1.29, 1.82) is 0 Å². The van der Waals surface area contributed by atoms with Crippen LogP contribution in [-0.2, 0) is 0 Å². The molecule has 396 valence electrons. The minimum absolute atomic E-state index is 0. The Bertz CT molecular complexity index is 751. The first-order valence-electron chi connectivity index (χ1n) is 28.7. The maximum absolute atomic E-state index is 2.72. The predicted octanol–water partition coefficient (Wildman–Crippen LogP) is 15.9. The summed E-state index contributed by atoms with van der Waals surface area (Å²) in [6.45, 7) is 41.5. The smallest absolute Gasteiger partial charge is 0.261 e. The van der Waals surface area contributed by atoms with E-state index in [0.717, 1.165) is 0 Å². The van der Waals surface area contributed by atoms with E-state index in [1.54, 1.807) is 47.5 Å². The van der Waals surface area contributed by atoms with Crippen LogP contribution in [-0.4, -0.2) is 200 Å². The lowest BCUT2D eigenvalue weighted by Crippen LogP contribution is -2.25. The molecule has 0 N–H and O–H groups in total. The summed E-state index contributed by atoms with van der Waals surface area (Å²) in [6, 6.07) is 0. The van der Waals surface area contributed by atoms with E-state index in [1.807, 2.05) is 0 Å². The monoisotopic (exact) mass is 1050 g/mol. The van der Waals surface area contributed by atoms with Crippen LogP contribution in [0.5, 0.6) is 0 Å². The molecule has 0 aliphatic heterocycles. The molecule has 0 amide bonds. The molecule has 0 aromatic carbocycles. The first-order chi connectivity index (χ1) is 30.9. The van der Waals surface area contributed by atoms with Crippen molar-refractivity contribution in [2.75, 3.05) is 100 Å². The van der Waals surface area contributed by atoms with Crippen molar-refractivity contribution in [3.05, 3.63) is 0 Å². The summed E-state index contributed by atoms with van der Waals surface area (Å²) in [6.07, 6.45) is 22.8. The average molecular weight is 1050 g/mol. The van der Waals surface area contributed by atoms with E-state index in [0.29, 0.717) is 0 Å². The standard InChI is InChI=1S/C8H18N.2C7H16N.2C5H12N.4C4H9.2C3H7.5Al.2ClH/c1-4-7-8-9(5-2)6-3;2*1-4-7-8(5-2)6-3;2*1-4-5-6(2)3;4*1-3-4-2;2*1-3-2;;;;;;;/h1,4-8H2,2-3H3;2*1,4-7H2,2-3H3;2*1,4-5H2,2-3H3;4*1,3-4H2,2H3;2*1,3H2,2H3;;;;;;2*1H. The molecule has 0 aliphatic rings.